The summed E-state index contributed by atoms with van der Waals surface area (Å²) in [6.45, 7) is 9.91. The monoisotopic (exact) mass is 269 g/mol. The van der Waals surface area contributed by atoms with E-state index in [1.807, 2.05) is 6.07 Å². The highest BCUT2D eigenvalue weighted by Crippen LogP contribution is 2.38. The number of hydrogen-bond acceptors (Lipinski definition) is 1. The van der Waals surface area contributed by atoms with E-state index in [9.17, 15) is 4.79 Å². The molecule has 1 aromatic rings. The van der Waals surface area contributed by atoms with Gasteiger partial charge in [-0.25, -0.2) is 0 Å². The maximum Gasteiger partial charge on any atom is 0.217 e. The lowest BCUT2D eigenvalue weighted by Gasteiger charge is -2.33. The summed E-state index contributed by atoms with van der Waals surface area (Å²) in [6.07, 6.45) is 1.97. The van der Waals surface area contributed by atoms with Crippen molar-refractivity contribution < 1.29 is 4.79 Å². The van der Waals surface area contributed by atoms with Gasteiger partial charge in [0.1, 0.15) is 0 Å². The van der Waals surface area contributed by atoms with Crippen molar-refractivity contribution >= 4 is 11.5 Å². The molecule has 0 heterocycles. The minimum atomic E-state index is 0.0316. The zero-order valence-corrected chi connectivity index (χ0v) is 12.6. The summed E-state index contributed by atoms with van der Waals surface area (Å²) in [6, 6.07) is 10.6. The number of benzene rings is 1. The van der Waals surface area contributed by atoms with Crippen molar-refractivity contribution in [2.75, 3.05) is 0 Å². The first-order chi connectivity index (χ1) is 9.49. The molecule has 1 amide bonds. The van der Waals surface area contributed by atoms with Crippen molar-refractivity contribution in [1.29, 1.82) is 0 Å². The number of hydrogen-bond donors (Lipinski definition) is 1. The molecule has 1 aromatic carbocycles. The molecule has 1 aliphatic carbocycles. The van der Waals surface area contributed by atoms with Crippen molar-refractivity contribution in [3.63, 3.8) is 0 Å². The molecule has 1 aliphatic rings. The van der Waals surface area contributed by atoms with E-state index >= 15 is 0 Å². The minimum absolute atomic E-state index is 0.0316. The molecule has 0 saturated heterocycles. The van der Waals surface area contributed by atoms with Gasteiger partial charge in [-0.1, -0.05) is 42.5 Å². The standard InChI is InChI=1S/C18H23NO/c1-12(2)16-10-17(15-8-6-5-7-9-15)13(3)18(11-16)19-14(4)20/h5-9,16,18H,1,10-11H2,2-4H3,(H,19,20)/t16-,18?/m0/s1. The summed E-state index contributed by atoms with van der Waals surface area (Å²) in [4.78, 5) is 11.4. The van der Waals surface area contributed by atoms with Gasteiger partial charge in [0.2, 0.25) is 5.91 Å². The SMILES string of the molecule is C=C(C)[C@H]1CC(c2ccccc2)=C(C)C(NC(C)=O)C1. The van der Waals surface area contributed by atoms with Crippen molar-refractivity contribution in [3.05, 3.63) is 53.6 Å². The van der Waals surface area contributed by atoms with Crippen molar-refractivity contribution in [1.82, 2.24) is 5.32 Å². The van der Waals surface area contributed by atoms with Crippen LogP contribution in [-0.4, -0.2) is 11.9 Å². The fourth-order valence-corrected chi connectivity index (χ4v) is 2.94. The van der Waals surface area contributed by atoms with Crippen LogP contribution in [0.4, 0.5) is 0 Å². The summed E-state index contributed by atoms with van der Waals surface area (Å²) in [5.74, 6) is 0.467. The van der Waals surface area contributed by atoms with Crippen LogP contribution in [0, 0.1) is 5.92 Å². The number of allylic oxidation sites excluding steroid dienone is 2. The maximum atomic E-state index is 11.4. The van der Waals surface area contributed by atoms with E-state index in [1.165, 1.54) is 22.3 Å². The van der Waals surface area contributed by atoms with Crippen LogP contribution >= 0.6 is 0 Å². The van der Waals surface area contributed by atoms with E-state index in [2.05, 4.69) is 50.0 Å². The van der Waals surface area contributed by atoms with Gasteiger partial charge in [0.25, 0.3) is 0 Å². The first-order valence-corrected chi connectivity index (χ1v) is 7.16. The zero-order valence-electron chi connectivity index (χ0n) is 12.6. The fourth-order valence-electron chi connectivity index (χ4n) is 2.94. The number of rotatable bonds is 3. The molecule has 1 N–H and O–H groups in total. The minimum Gasteiger partial charge on any atom is -0.350 e. The second-order valence-electron chi connectivity index (χ2n) is 5.76. The predicted octanol–water partition coefficient (Wildman–Crippen LogP) is 3.95. The summed E-state index contributed by atoms with van der Waals surface area (Å²) in [5.41, 5.74) is 5.08. The first kappa shape index (κ1) is 14.6. The lowest BCUT2D eigenvalue weighted by atomic mass is 9.76. The van der Waals surface area contributed by atoms with Crippen molar-refractivity contribution in [2.24, 2.45) is 5.92 Å². The molecule has 1 unspecified atom stereocenters. The average molecular weight is 269 g/mol. The fraction of sp³-hybridized carbons (Fsp3) is 0.389. The lowest BCUT2D eigenvalue weighted by molar-refractivity contribution is -0.119. The Kier molecular flexibility index (Phi) is 4.43. The number of carbonyl (C=O) groups excluding carboxylic acids is 1. The molecule has 0 spiro atoms. The largest absolute Gasteiger partial charge is 0.350 e. The first-order valence-electron chi connectivity index (χ1n) is 7.16. The third-order valence-electron chi connectivity index (χ3n) is 4.17. The van der Waals surface area contributed by atoms with Crippen LogP contribution < -0.4 is 5.32 Å². The van der Waals surface area contributed by atoms with Gasteiger partial charge in [0.05, 0.1) is 6.04 Å². The van der Waals surface area contributed by atoms with Crippen molar-refractivity contribution in [3.8, 4) is 0 Å². The van der Waals surface area contributed by atoms with E-state index in [4.69, 9.17) is 0 Å². The molecule has 2 atom stereocenters. The molecule has 0 aliphatic heterocycles. The smallest absolute Gasteiger partial charge is 0.217 e. The molecule has 2 rings (SSSR count). The Morgan fingerprint density at radius 2 is 1.90 bits per heavy atom. The third kappa shape index (κ3) is 3.19. The van der Waals surface area contributed by atoms with Gasteiger partial charge < -0.3 is 5.32 Å². The number of nitrogens with one attached hydrogen (secondary N) is 1. The van der Waals surface area contributed by atoms with Crippen LogP contribution in [0.15, 0.2) is 48.1 Å². The molecule has 0 saturated carbocycles. The van der Waals surface area contributed by atoms with E-state index in [0.717, 1.165) is 12.8 Å². The topological polar surface area (TPSA) is 29.1 Å². The molecule has 106 valence electrons. The molecule has 0 radical (unpaired) electrons. The zero-order chi connectivity index (χ0) is 14.7. The van der Waals surface area contributed by atoms with Crippen molar-refractivity contribution in [2.45, 2.75) is 39.7 Å². The van der Waals surface area contributed by atoms with Gasteiger partial charge in [-0.3, -0.25) is 4.79 Å². The predicted molar refractivity (Wildman–Crippen MR) is 84.2 cm³/mol. The van der Waals surface area contributed by atoms with Crippen LogP contribution in [0.3, 0.4) is 0 Å². The highest BCUT2D eigenvalue weighted by atomic mass is 16.1. The molecule has 20 heavy (non-hydrogen) atoms. The average Bonchev–Trinajstić information content (AvgIpc) is 2.41. The van der Waals surface area contributed by atoms with Crippen LogP contribution in [0.1, 0.15) is 39.2 Å². The van der Waals surface area contributed by atoms with Gasteiger partial charge in [-0.15, -0.1) is 0 Å². The van der Waals surface area contributed by atoms with Gasteiger partial charge >= 0.3 is 0 Å². The summed E-state index contributed by atoms with van der Waals surface area (Å²) in [7, 11) is 0. The normalized spacial score (nSPS) is 22.6. The number of amides is 1. The molecule has 2 nitrogen and oxygen atoms in total. The Bertz CT molecular complexity index is 542. The van der Waals surface area contributed by atoms with E-state index in [0.29, 0.717) is 5.92 Å². The Hall–Kier alpha value is -1.83. The molecule has 0 fully saturated rings. The van der Waals surface area contributed by atoms with Gasteiger partial charge in [0, 0.05) is 6.92 Å². The highest BCUT2D eigenvalue weighted by Gasteiger charge is 2.28. The maximum absolute atomic E-state index is 11.4. The second-order valence-corrected chi connectivity index (χ2v) is 5.76. The Morgan fingerprint density at radius 1 is 1.25 bits per heavy atom. The van der Waals surface area contributed by atoms with Crippen LogP contribution in [0.25, 0.3) is 5.57 Å². The summed E-state index contributed by atoms with van der Waals surface area (Å²) < 4.78 is 0. The second kappa shape index (κ2) is 6.08. The number of carbonyl (C=O) groups is 1. The molecule has 2 heteroatoms. The molecular weight excluding hydrogens is 246 g/mol. The molecular formula is C18H23NO. The lowest BCUT2D eigenvalue weighted by Crippen LogP contribution is -2.38. The van der Waals surface area contributed by atoms with E-state index in [-0.39, 0.29) is 11.9 Å². The van der Waals surface area contributed by atoms with E-state index < -0.39 is 0 Å². The molecule has 0 bridgehead atoms. The van der Waals surface area contributed by atoms with Gasteiger partial charge in [-0.05, 0) is 49.3 Å². The van der Waals surface area contributed by atoms with Crippen LogP contribution in [0.2, 0.25) is 0 Å². The Morgan fingerprint density at radius 3 is 2.45 bits per heavy atom. The van der Waals surface area contributed by atoms with Crippen LogP contribution in [0.5, 0.6) is 0 Å². The highest BCUT2D eigenvalue weighted by molar-refractivity contribution is 5.76. The Balaban J connectivity index is 2.39. The van der Waals surface area contributed by atoms with Gasteiger partial charge in [-0.2, -0.15) is 0 Å². The van der Waals surface area contributed by atoms with Gasteiger partial charge in [0.15, 0.2) is 0 Å². The van der Waals surface area contributed by atoms with Crippen LogP contribution in [-0.2, 0) is 4.79 Å². The Labute approximate surface area is 121 Å². The quantitative estimate of drug-likeness (QED) is 0.827. The molecule has 0 aromatic heterocycles. The summed E-state index contributed by atoms with van der Waals surface area (Å²) in [5, 5.41) is 3.08. The summed E-state index contributed by atoms with van der Waals surface area (Å²) >= 11 is 0. The third-order valence-corrected chi connectivity index (χ3v) is 4.17. The van der Waals surface area contributed by atoms with E-state index in [1.54, 1.807) is 6.92 Å².